The fraction of sp³-hybridized carbons (Fsp3) is 0.462. The van der Waals surface area contributed by atoms with Crippen LogP contribution in [0.1, 0.15) is 30.1 Å². The highest BCUT2D eigenvalue weighted by Gasteiger charge is 2.26. The van der Waals surface area contributed by atoms with E-state index in [9.17, 15) is 13.2 Å². The molecule has 0 aliphatic carbocycles. The third kappa shape index (κ3) is 3.36. The van der Waals surface area contributed by atoms with Crippen LogP contribution in [0.5, 0.6) is 0 Å². The number of rotatable bonds is 5. The topological polar surface area (TPSA) is 98.5 Å². The number of primary amides is 1. The van der Waals surface area contributed by atoms with Crippen LogP contribution >= 0.6 is 0 Å². The highest BCUT2D eigenvalue weighted by molar-refractivity contribution is 7.89. The Morgan fingerprint density at radius 3 is 2.55 bits per heavy atom. The molecule has 1 aromatic rings. The van der Waals surface area contributed by atoms with Crippen molar-refractivity contribution in [3.8, 4) is 0 Å². The standard InChI is InChI=1S/C13H18N2O4S/c1-9(12-3-2-8-19-12)15-20(17,18)11-6-4-10(5-7-11)13(14)16/h4-7,9,12,15H,2-3,8H2,1H3,(H2,14,16)/t9-,12+/m0/s1. The van der Waals surface area contributed by atoms with Gasteiger partial charge < -0.3 is 10.5 Å². The maximum atomic E-state index is 12.2. The molecule has 1 amide bonds. The number of hydrogen-bond acceptors (Lipinski definition) is 4. The summed E-state index contributed by atoms with van der Waals surface area (Å²) in [5.41, 5.74) is 5.39. The lowest BCUT2D eigenvalue weighted by Gasteiger charge is -2.19. The molecule has 6 nitrogen and oxygen atoms in total. The van der Waals surface area contributed by atoms with Crippen LogP contribution in [-0.4, -0.2) is 33.1 Å². The molecule has 1 aromatic carbocycles. The van der Waals surface area contributed by atoms with Crippen LogP contribution in [0.2, 0.25) is 0 Å². The summed E-state index contributed by atoms with van der Waals surface area (Å²) in [5, 5.41) is 0. The smallest absolute Gasteiger partial charge is 0.248 e. The van der Waals surface area contributed by atoms with Crippen molar-refractivity contribution >= 4 is 15.9 Å². The fourth-order valence-corrected chi connectivity index (χ4v) is 3.46. The van der Waals surface area contributed by atoms with Gasteiger partial charge in [-0.3, -0.25) is 4.79 Å². The zero-order valence-electron chi connectivity index (χ0n) is 11.2. The highest BCUT2D eigenvalue weighted by atomic mass is 32.2. The molecule has 0 unspecified atom stereocenters. The molecule has 20 heavy (non-hydrogen) atoms. The molecule has 0 radical (unpaired) electrons. The summed E-state index contributed by atoms with van der Waals surface area (Å²) in [7, 11) is -3.62. The van der Waals surface area contributed by atoms with Crippen molar-refractivity contribution in [1.29, 1.82) is 0 Å². The molecule has 2 rings (SSSR count). The Bertz CT molecular complexity index is 577. The molecule has 1 aliphatic rings. The zero-order chi connectivity index (χ0) is 14.8. The lowest BCUT2D eigenvalue weighted by molar-refractivity contribution is 0.0902. The van der Waals surface area contributed by atoms with Gasteiger partial charge in [0.25, 0.3) is 0 Å². The number of sulfonamides is 1. The van der Waals surface area contributed by atoms with Crippen LogP contribution < -0.4 is 10.5 Å². The molecule has 110 valence electrons. The van der Waals surface area contributed by atoms with Crippen LogP contribution in [0.4, 0.5) is 0 Å². The van der Waals surface area contributed by atoms with Gasteiger partial charge in [-0.1, -0.05) is 0 Å². The van der Waals surface area contributed by atoms with Gasteiger partial charge in [-0.05, 0) is 44.0 Å². The number of amides is 1. The van der Waals surface area contributed by atoms with Gasteiger partial charge in [-0.25, -0.2) is 13.1 Å². The summed E-state index contributed by atoms with van der Waals surface area (Å²) in [5.74, 6) is -0.588. The molecule has 7 heteroatoms. The molecule has 1 saturated heterocycles. The Morgan fingerprint density at radius 2 is 2.05 bits per heavy atom. The monoisotopic (exact) mass is 298 g/mol. The minimum atomic E-state index is -3.62. The normalized spacial score (nSPS) is 20.8. The van der Waals surface area contributed by atoms with Gasteiger partial charge in [0.1, 0.15) is 0 Å². The second-order valence-electron chi connectivity index (χ2n) is 4.85. The largest absolute Gasteiger partial charge is 0.377 e. The maximum Gasteiger partial charge on any atom is 0.248 e. The summed E-state index contributed by atoms with van der Waals surface area (Å²) in [6.07, 6.45) is 1.71. The van der Waals surface area contributed by atoms with Gasteiger partial charge in [0.15, 0.2) is 0 Å². The first-order valence-electron chi connectivity index (χ1n) is 6.44. The first-order chi connectivity index (χ1) is 9.40. The number of carbonyl (C=O) groups is 1. The maximum absolute atomic E-state index is 12.2. The summed E-state index contributed by atoms with van der Waals surface area (Å²) >= 11 is 0. The quantitative estimate of drug-likeness (QED) is 0.833. The molecule has 2 atom stereocenters. The van der Waals surface area contributed by atoms with E-state index < -0.39 is 15.9 Å². The van der Waals surface area contributed by atoms with Gasteiger partial charge >= 0.3 is 0 Å². The van der Waals surface area contributed by atoms with E-state index in [1.807, 2.05) is 0 Å². The number of benzene rings is 1. The zero-order valence-corrected chi connectivity index (χ0v) is 12.0. The number of carbonyl (C=O) groups excluding carboxylic acids is 1. The van der Waals surface area contributed by atoms with Crippen LogP contribution in [0.3, 0.4) is 0 Å². The first-order valence-corrected chi connectivity index (χ1v) is 7.92. The van der Waals surface area contributed by atoms with E-state index in [2.05, 4.69) is 4.72 Å². The third-order valence-electron chi connectivity index (χ3n) is 3.31. The Labute approximate surface area is 118 Å². The van der Waals surface area contributed by atoms with E-state index in [1.54, 1.807) is 6.92 Å². The average molecular weight is 298 g/mol. The van der Waals surface area contributed by atoms with Crippen LogP contribution in [-0.2, 0) is 14.8 Å². The summed E-state index contributed by atoms with van der Waals surface area (Å²) in [6, 6.07) is 5.23. The molecular formula is C13H18N2O4S. The van der Waals surface area contributed by atoms with Crippen molar-refractivity contribution in [3.05, 3.63) is 29.8 Å². The number of nitrogens with two attached hydrogens (primary N) is 1. The van der Waals surface area contributed by atoms with Crippen LogP contribution in [0.25, 0.3) is 0 Å². The molecule has 0 bridgehead atoms. The summed E-state index contributed by atoms with van der Waals surface area (Å²) < 4.78 is 32.4. The minimum absolute atomic E-state index is 0.0883. The van der Waals surface area contributed by atoms with Crippen LogP contribution in [0, 0.1) is 0 Å². The highest BCUT2D eigenvalue weighted by Crippen LogP contribution is 2.18. The van der Waals surface area contributed by atoms with E-state index >= 15 is 0 Å². The molecule has 0 spiro atoms. The van der Waals surface area contributed by atoms with E-state index in [4.69, 9.17) is 10.5 Å². The predicted molar refractivity (Wildman–Crippen MR) is 73.7 cm³/mol. The van der Waals surface area contributed by atoms with Crippen LogP contribution in [0.15, 0.2) is 29.2 Å². The van der Waals surface area contributed by atoms with Gasteiger partial charge in [-0.15, -0.1) is 0 Å². The fourth-order valence-electron chi connectivity index (χ4n) is 2.18. The Balaban J connectivity index is 2.11. The molecular weight excluding hydrogens is 280 g/mol. The van der Waals surface area contributed by atoms with Crippen molar-refractivity contribution in [3.63, 3.8) is 0 Å². The molecule has 0 saturated carbocycles. The van der Waals surface area contributed by atoms with Crippen molar-refractivity contribution in [1.82, 2.24) is 4.72 Å². The van der Waals surface area contributed by atoms with Crippen molar-refractivity contribution in [2.75, 3.05) is 6.61 Å². The van der Waals surface area contributed by atoms with Gasteiger partial charge in [0.2, 0.25) is 15.9 Å². The minimum Gasteiger partial charge on any atom is -0.377 e. The molecule has 3 N–H and O–H groups in total. The lowest BCUT2D eigenvalue weighted by atomic mass is 10.1. The summed E-state index contributed by atoms with van der Waals surface area (Å²) in [6.45, 7) is 2.45. The lowest BCUT2D eigenvalue weighted by Crippen LogP contribution is -2.40. The Kier molecular flexibility index (Phi) is 4.42. The molecule has 1 heterocycles. The second-order valence-corrected chi connectivity index (χ2v) is 6.56. The third-order valence-corrected chi connectivity index (χ3v) is 4.89. The van der Waals surface area contributed by atoms with Crippen molar-refractivity contribution < 1.29 is 17.9 Å². The van der Waals surface area contributed by atoms with Gasteiger partial charge in [-0.2, -0.15) is 0 Å². The number of nitrogens with one attached hydrogen (secondary N) is 1. The summed E-state index contributed by atoms with van der Waals surface area (Å²) in [4.78, 5) is 11.1. The van der Waals surface area contributed by atoms with Crippen molar-refractivity contribution in [2.45, 2.75) is 36.8 Å². The molecule has 1 fully saturated rings. The average Bonchev–Trinajstić information content (AvgIpc) is 2.92. The predicted octanol–water partition coefficient (Wildman–Crippen LogP) is 0.631. The SMILES string of the molecule is C[C@H](NS(=O)(=O)c1ccc(C(N)=O)cc1)[C@H]1CCCO1. The van der Waals surface area contributed by atoms with E-state index in [0.717, 1.165) is 12.8 Å². The second kappa shape index (κ2) is 5.90. The Hall–Kier alpha value is -1.44. The van der Waals surface area contributed by atoms with E-state index in [-0.39, 0.29) is 22.6 Å². The first kappa shape index (κ1) is 15.0. The van der Waals surface area contributed by atoms with Gasteiger partial charge in [0.05, 0.1) is 11.0 Å². The Morgan fingerprint density at radius 1 is 1.40 bits per heavy atom. The molecule has 1 aliphatic heterocycles. The number of ether oxygens (including phenoxy) is 1. The van der Waals surface area contributed by atoms with E-state index in [1.165, 1.54) is 24.3 Å². The van der Waals surface area contributed by atoms with E-state index in [0.29, 0.717) is 6.61 Å². The van der Waals surface area contributed by atoms with Gasteiger partial charge in [0, 0.05) is 18.2 Å². The molecule has 0 aromatic heterocycles. The number of hydrogen-bond donors (Lipinski definition) is 2. The van der Waals surface area contributed by atoms with Crippen molar-refractivity contribution in [2.24, 2.45) is 5.73 Å².